The van der Waals surface area contributed by atoms with Crippen molar-refractivity contribution in [1.29, 1.82) is 0 Å². The number of halogens is 2. The zero-order valence-corrected chi connectivity index (χ0v) is 20.4. The molecule has 0 unspecified atom stereocenters. The lowest BCUT2D eigenvalue weighted by Crippen LogP contribution is -2.46. The van der Waals surface area contributed by atoms with Gasteiger partial charge in [0.15, 0.2) is 0 Å². The number of hydrogen-bond donors (Lipinski definition) is 3. The number of rotatable bonds is 5. The Bertz CT molecular complexity index is 1160. The van der Waals surface area contributed by atoms with Crippen LogP contribution < -0.4 is 5.32 Å². The molecule has 0 saturated carbocycles. The average Bonchev–Trinajstić information content (AvgIpc) is 3.23. The van der Waals surface area contributed by atoms with Crippen molar-refractivity contribution in [1.82, 2.24) is 14.8 Å². The molecule has 35 heavy (non-hydrogen) atoms. The summed E-state index contributed by atoms with van der Waals surface area (Å²) in [6.45, 7) is 6.10. The summed E-state index contributed by atoms with van der Waals surface area (Å²) in [6, 6.07) is 4.19. The first kappa shape index (κ1) is 25.4. The summed E-state index contributed by atoms with van der Waals surface area (Å²) in [5.74, 6) is -0.833. The highest BCUT2D eigenvalue weighted by Crippen LogP contribution is 2.35. The quantitative estimate of drug-likeness (QED) is 0.543. The van der Waals surface area contributed by atoms with E-state index >= 15 is 0 Å². The van der Waals surface area contributed by atoms with Gasteiger partial charge in [-0.25, -0.2) is 4.39 Å². The SMILES string of the molecule is Cc1c(/C=C2\C(=O)Nc3ccc(F)cc32)[nH]c2c1C(=O)N(C[C@H](O)CN1CCOCC1)CCC2.Cl. The van der Waals surface area contributed by atoms with Gasteiger partial charge in [0.2, 0.25) is 0 Å². The number of carbonyl (C=O) groups is 2. The molecule has 3 aliphatic heterocycles. The number of nitrogens with zero attached hydrogens (tertiary/aromatic N) is 2. The fourth-order valence-corrected chi connectivity index (χ4v) is 5.02. The lowest BCUT2D eigenvalue weighted by molar-refractivity contribution is -0.110. The molecule has 10 heteroatoms. The van der Waals surface area contributed by atoms with E-state index in [0.29, 0.717) is 60.8 Å². The van der Waals surface area contributed by atoms with E-state index in [1.807, 2.05) is 6.92 Å². The number of aryl methyl sites for hydroxylation is 1. The molecule has 5 rings (SSSR count). The van der Waals surface area contributed by atoms with Crippen LogP contribution in [0.1, 0.15) is 39.3 Å². The van der Waals surface area contributed by atoms with Crippen LogP contribution in [0, 0.1) is 12.7 Å². The molecule has 1 atom stereocenters. The van der Waals surface area contributed by atoms with Crippen molar-refractivity contribution in [2.24, 2.45) is 0 Å². The predicted molar refractivity (Wildman–Crippen MR) is 133 cm³/mol. The monoisotopic (exact) mass is 504 g/mol. The van der Waals surface area contributed by atoms with E-state index in [1.165, 1.54) is 12.1 Å². The van der Waals surface area contributed by atoms with Gasteiger partial charge in [-0.2, -0.15) is 0 Å². The van der Waals surface area contributed by atoms with Crippen LogP contribution in [0.4, 0.5) is 10.1 Å². The third-order valence-corrected chi connectivity index (χ3v) is 6.78. The number of aromatic nitrogens is 1. The van der Waals surface area contributed by atoms with Crippen LogP contribution in [0.5, 0.6) is 0 Å². The van der Waals surface area contributed by atoms with Gasteiger partial charge in [-0.15, -0.1) is 12.4 Å². The second-order valence-corrected chi connectivity index (χ2v) is 9.14. The number of aliphatic hydroxyl groups excluding tert-OH is 1. The lowest BCUT2D eigenvalue weighted by Gasteiger charge is -2.31. The standard InChI is InChI=1S/C25H29FN4O4.ClH/c1-15-22(12-19-18-11-16(26)4-5-20(18)28-24(19)32)27-21-3-2-6-30(25(33)23(15)21)14-17(31)13-29-7-9-34-10-8-29;/h4-5,11-12,17,27,31H,2-3,6-10,13-14H2,1H3,(H,28,32);1H/b19-12-;/t17-;/m1./s1. The van der Waals surface area contributed by atoms with Crippen LogP contribution in [0.2, 0.25) is 0 Å². The average molecular weight is 505 g/mol. The summed E-state index contributed by atoms with van der Waals surface area (Å²) in [5, 5.41) is 13.4. The molecular formula is C25H30ClFN4O4. The smallest absolute Gasteiger partial charge is 0.256 e. The van der Waals surface area contributed by atoms with Crippen molar-refractivity contribution in [2.45, 2.75) is 25.9 Å². The van der Waals surface area contributed by atoms with Crippen LogP contribution in [0.15, 0.2) is 18.2 Å². The molecule has 1 fully saturated rings. The van der Waals surface area contributed by atoms with Crippen LogP contribution >= 0.6 is 12.4 Å². The number of nitrogens with one attached hydrogen (secondary N) is 2. The van der Waals surface area contributed by atoms with Gasteiger partial charge in [-0.1, -0.05) is 0 Å². The van der Waals surface area contributed by atoms with E-state index in [1.54, 1.807) is 17.0 Å². The van der Waals surface area contributed by atoms with Crippen molar-refractivity contribution < 1.29 is 23.8 Å². The lowest BCUT2D eigenvalue weighted by atomic mass is 10.0. The van der Waals surface area contributed by atoms with E-state index < -0.39 is 11.9 Å². The van der Waals surface area contributed by atoms with Gasteiger partial charge in [0.1, 0.15) is 5.82 Å². The van der Waals surface area contributed by atoms with E-state index in [-0.39, 0.29) is 30.8 Å². The summed E-state index contributed by atoms with van der Waals surface area (Å²) in [7, 11) is 0. The van der Waals surface area contributed by atoms with Gasteiger partial charge >= 0.3 is 0 Å². The van der Waals surface area contributed by atoms with Gasteiger partial charge in [0, 0.05) is 55.4 Å². The Morgan fingerprint density at radius 1 is 1.20 bits per heavy atom. The molecule has 3 N–H and O–H groups in total. The summed E-state index contributed by atoms with van der Waals surface area (Å²) < 4.78 is 19.2. The normalized spacial score (nSPS) is 20.2. The number of carbonyl (C=O) groups excluding carboxylic acids is 2. The molecule has 188 valence electrons. The van der Waals surface area contributed by atoms with Crippen LogP contribution in [-0.2, 0) is 16.0 Å². The second kappa shape index (κ2) is 10.5. The topological polar surface area (TPSA) is 97.9 Å². The number of fused-ring (bicyclic) bond motifs is 2. The molecule has 2 aromatic rings. The first-order valence-corrected chi connectivity index (χ1v) is 11.7. The highest BCUT2D eigenvalue weighted by molar-refractivity contribution is 6.34. The van der Waals surface area contributed by atoms with Crippen molar-refractivity contribution >= 4 is 41.6 Å². The highest BCUT2D eigenvalue weighted by atomic mass is 35.5. The highest BCUT2D eigenvalue weighted by Gasteiger charge is 2.30. The Hall–Kier alpha value is -2.72. The summed E-state index contributed by atoms with van der Waals surface area (Å²) in [4.78, 5) is 33.2. The number of benzene rings is 1. The van der Waals surface area contributed by atoms with Gasteiger partial charge < -0.3 is 25.0 Å². The number of amides is 2. The molecule has 2 amide bonds. The first-order valence-electron chi connectivity index (χ1n) is 11.7. The molecule has 1 aromatic heterocycles. The Kier molecular flexibility index (Phi) is 7.61. The van der Waals surface area contributed by atoms with Crippen molar-refractivity contribution in [3.8, 4) is 0 Å². The molecule has 1 aromatic carbocycles. The number of aromatic amines is 1. The fourth-order valence-electron chi connectivity index (χ4n) is 5.02. The van der Waals surface area contributed by atoms with E-state index in [4.69, 9.17) is 4.74 Å². The predicted octanol–water partition coefficient (Wildman–Crippen LogP) is 2.46. The van der Waals surface area contributed by atoms with Gasteiger partial charge in [-0.05, 0) is 49.6 Å². The second-order valence-electron chi connectivity index (χ2n) is 9.14. The molecule has 0 spiro atoms. The summed E-state index contributed by atoms with van der Waals surface area (Å²) in [5.41, 5.74) is 4.28. The Labute approximate surface area is 209 Å². The molecule has 4 heterocycles. The number of ether oxygens (including phenoxy) is 1. The first-order chi connectivity index (χ1) is 16.4. The number of β-amino-alcohol motifs (C(OH)–C–C–N with tert-alkyl or cyclic N) is 1. The molecule has 3 aliphatic rings. The van der Waals surface area contributed by atoms with E-state index in [0.717, 1.165) is 30.8 Å². The molecule has 8 nitrogen and oxygen atoms in total. The summed E-state index contributed by atoms with van der Waals surface area (Å²) >= 11 is 0. The Balaban J connectivity index is 0.00000289. The molecule has 0 radical (unpaired) electrons. The van der Waals surface area contributed by atoms with Crippen molar-refractivity contribution in [3.05, 3.63) is 52.1 Å². The molecule has 1 saturated heterocycles. The number of H-pyrrole nitrogens is 1. The zero-order chi connectivity index (χ0) is 23.8. The molecular weight excluding hydrogens is 475 g/mol. The van der Waals surface area contributed by atoms with Crippen LogP contribution in [0.3, 0.4) is 0 Å². The third-order valence-electron chi connectivity index (χ3n) is 6.78. The van der Waals surface area contributed by atoms with Crippen molar-refractivity contribution in [2.75, 3.05) is 51.3 Å². The maximum absolute atomic E-state index is 13.8. The third kappa shape index (κ3) is 5.13. The van der Waals surface area contributed by atoms with E-state index in [2.05, 4.69) is 15.2 Å². The van der Waals surface area contributed by atoms with Crippen molar-refractivity contribution in [3.63, 3.8) is 0 Å². The number of aliphatic hydroxyl groups is 1. The Morgan fingerprint density at radius 3 is 2.74 bits per heavy atom. The Morgan fingerprint density at radius 2 is 1.97 bits per heavy atom. The minimum atomic E-state index is -0.641. The minimum absolute atomic E-state index is 0. The maximum Gasteiger partial charge on any atom is 0.256 e. The van der Waals surface area contributed by atoms with Crippen LogP contribution in [0.25, 0.3) is 11.6 Å². The van der Waals surface area contributed by atoms with Crippen LogP contribution in [-0.4, -0.2) is 83.7 Å². The van der Waals surface area contributed by atoms with Gasteiger partial charge in [-0.3, -0.25) is 14.5 Å². The van der Waals surface area contributed by atoms with Gasteiger partial charge in [0.05, 0.1) is 30.5 Å². The fraction of sp³-hybridized carbons (Fsp3) is 0.440. The maximum atomic E-state index is 13.8. The number of morpholine rings is 1. The zero-order valence-electron chi connectivity index (χ0n) is 19.6. The largest absolute Gasteiger partial charge is 0.390 e. The molecule has 0 bridgehead atoms. The number of anilines is 1. The van der Waals surface area contributed by atoms with Gasteiger partial charge in [0.25, 0.3) is 11.8 Å². The number of hydrogen-bond acceptors (Lipinski definition) is 5. The van der Waals surface area contributed by atoms with E-state index in [9.17, 15) is 19.1 Å². The molecule has 0 aliphatic carbocycles. The minimum Gasteiger partial charge on any atom is -0.390 e. The summed E-state index contributed by atoms with van der Waals surface area (Å²) in [6.07, 6.45) is 2.51.